The van der Waals surface area contributed by atoms with Crippen LogP contribution in [0.1, 0.15) is 58.8 Å². The lowest BCUT2D eigenvalue weighted by Crippen LogP contribution is -2.43. The standard InChI is InChI=1S/C19H29NO4/c1-3-4-5-6-7-8-11-19(12-9-16(22)10-13-19)14-17(18(23)24)20-15(2)21/h8-12,17,22H,3-7,13-14H2,1-2H3,(H,20,21)(H,23,24)/t17-,19?/m0/s1. The summed E-state index contributed by atoms with van der Waals surface area (Å²) in [6.07, 6.45) is 15.7. The van der Waals surface area contributed by atoms with Gasteiger partial charge in [-0.3, -0.25) is 4.79 Å². The number of carbonyl (C=O) groups is 2. The predicted molar refractivity (Wildman–Crippen MR) is 94.7 cm³/mol. The highest BCUT2D eigenvalue weighted by Crippen LogP contribution is 2.36. The number of aliphatic hydroxyl groups excluding tert-OH is 1. The van der Waals surface area contributed by atoms with Crippen molar-refractivity contribution >= 4 is 11.9 Å². The van der Waals surface area contributed by atoms with E-state index in [-0.39, 0.29) is 18.1 Å². The molecule has 0 saturated heterocycles. The van der Waals surface area contributed by atoms with E-state index in [1.807, 2.05) is 12.2 Å². The summed E-state index contributed by atoms with van der Waals surface area (Å²) in [5, 5.41) is 21.4. The number of allylic oxidation sites excluding steroid dienone is 5. The highest BCUT2D eigenvalue weighted by Gasteiger charge is 2.32. The van der Waals surface area contributed by atoms with Gasteiger partial charge in [-0.1, -0.05) is 44.4 Å². The highest BCUT2D eigenvalue weighted by molar-refractivity contribution is 5.82. The third kappa shape index (κ3) is 7.02. The fourth-order valence-corrected chi connectivity index (χ4v) is 2.86. The lowest BCUT2D eigenvalue weighted by Gasteiger charge is -2.31. The number of aliphatic hydroxyl groups is 1. The lowest BCUT2D eigenvalue weighted by molar-refractivity contribution is -0.142. The van der Waals surface area contributed by atoms with Crippen LogP contribution in [0.3, 0.4) is 0 Å². The second-order valence-corrected chi connectivity index (χ2v) is 6.45. The molecule has 0 aromatic carbocycles. The summed E-state index contributed by atoms with van der Waals surface area (Å²) < 4.78 is 0. The number of nitrogens with one attached hydrogen (secondary N) is 1. The fourth-order valence-electron chi connectivity index (χ4n) is 2.86. The molecule has 0 fully saturated rings. The van der Waals surface area contributed by atoms with Crippen LogP contribution < -0.4 is 5.32 Å². The normalized spacial score (nSPS) is 21.5. The second-order valence-electron chi connectivity index (χ2n) is 6.45. The first-order valence-corrected chi connectivity index (χ1v) is 8.64. The Kier molecular flexibility index (Phi) is 8.30. The summed E-state index contributed by atoms with van der Waals surface area (Å²) in [7, 11) is 0. The van der Waals surface area contributed by atoms with Gasteiger partial charge in [-0.2, -0.15) is 0 Å². The number of rotatable bonds is 10. The first-order valence-electron chi connectivity index (χ1n) is 8.64. The fraction of sp³-hybridized carbons (Fsp3) is 0.579. The van der Waals surface area contributed by atoms with Crippen molar-refractivity contribution in [3.8, 4) is 0 Å². The molecule has 1 amide bonds. The summed E-state index contributed by atoms with van der Waals surface area (Å²) >= 11 is 0. The van der Waals surface area contributed by atoms with Crippen LogP contribution in [-0.2, 0) is 9.59 Å². The molecule has 1 rings (SSSR count). The molecule has 2 atom stereocenters. The van der Waals surface area contributed by atoms with Crippen molar-refractivity contribution in [3.63, 3.8) is 0 Å². The molecular formula is C19H29NO4. The molecule has 0 heterocycles. The maximum Gasteiger partial charge on any atom is 0.326 e. The van der Waals surface area contributed by atoms with Crippen molar-refractivity contribution in [2.45, 2.75) is 64.8 Å². The van der Waals surface area contributed by atoms with Crippen molar-refractivity contribution in [1.29, 1.82) is 0 Å². The van der Waals surface area contributed by atoms with E-state index >= 15 is 0 Å². The summed E-state index contributed by atoms with van der Waals surface area (Å²) in [5.74, 6) is -1.22. The maximum atomic E-state index is 11.4. The SMILES string of the molecule is CCCCCCC=CC1(C[C@H](NC(C)=O)C(=O)O)C=CC(O)=CC1. The van der Waals surface area contributed by atoms with Gasteiger partial charge in [0.15, 0.2) is 0 Å². The molecule has 1 aliphatic rings. The smallest absolute Gasteiger partial charge is 0.326 e. The minimum atomic E-state index is -1.05. The third-order valence-electron chi connectivity index (χ3n) is 4.21. The first kappa shape index (κ1) is 20.0. The molecule has 0 aromatic heterocycles. The van der Waals surface area contributed by atoms with Gasteiger partial charge in [-0.05, 0) is 37.8 Å². The minimum Gasteiger partial charge on any atom is -0.508 e. The molecule has 0 bridgehead atoms. The van der Waals surface area contributed by atoms with E-state index in [9.17, 15) is 19.8 Å². The van der Waals surface area contributed by atoms with Gasteiger partial charge < -0.3 is 15.5 Å². The molecule has 1 unspecified atom stereocenters. The van der Waals surface area contributed by atoms with E-state index in [0.717, 1.165) is 12.8 Å². The van der Waals surface area contributed by atoms with Gasteiger partial charge in [0.05, 0.1) is 0 Å². The van der Waals surface area contributed by atoms with E-state index in [0.29, 0.717) is 6.42 Å². The van der Waals surface area contributed by atoms with E-state index in [4.69, 9.17) is 0 Å². The predicted octanol–water partition coefficient (Wildman–Crippen LogP) is 3.88. The number of amides is 1. The quantitative estimate of drug-likeness (QED) is 0.418. The Balaban J connectivity index is 2.79. The van der Waals surface area contributed by atoms with Crippen LogP contribution in [0, 0.1) is 5.41 Å². The van der Waals surface area contributed by atoms with Crippen LogP contribution in [0.4, 0.5) is 0 Å². The molecule has 134 valence electrons. The molecular weight excluding hydrogens is 306 g/mol. The van der Waals surface area contributed by atoms with Crippen molar-refractivity contribution in [2.24, 2.45) is 5.41 Å². The molecule has 5 heteroatoms. The zero-order valence-corrected chi connectivity index (χ0v) is 14.6. The van der Waals surface area contributed by atoms with Gasteiger partial charge in [0.2, 0.25) is 5.91 Å². The van der Waals surface area contributed by atoms with Crippen LogP contribution in [0.5, 0.6) is 0 Å². The zero-order chi connectivity index (χ0) is 18.0. The lowest BCUT2D eigenvalue weighted by atomic mass is 9.75. The summed E-state index contributed by atoms with van der Waals surface area (Å²) in [4.78, 5) is 22.7. The molecule has 0 spiro atoms. The molecule has 1 aliphatic carbocycles. The first-order chi connectivity index (χ1) is 11.4. The Morgan fingerprint density at radius 2 is 2.12 bits per heavy atom. The van der Waals surface area contributed by atoms with Gasteiger partial charge >= 0.3 is 5.97 Å². The Morgan fingerprint density at radius 3 is 2.67 bits per heavy atom. The topological polar surface area (TPSA) is 86.6 Å². The van der Waals surface area contributed by atoms with Gasteiger partial charge in [-0.25, -0.2) is 4.79 Å². The van der Waals surface area contributed by atoms with Crippen LogP contribution in [0.2, 0.25) is 0 Å². The van der Waals surface area contributed by atoms with Crippen LogP contribution in [-0.4, -0.2) is 28.1 Å². The highest BCUT2D eigenvalue weighted by atomic mass is 16.4. The van der Waals surface area contributed by atoms with Crippen molar-refractivity contribution in [1.82, 2.24) is 5.32 Å². The molecule has 0 aliphatic heterocycles. The zero-order valence-electron chi connectivity index (χ0n) is 14.6. The van der Waals surface area contributed by atoms with Gasteiger partial charge in [0.25, 0.3) is 0 Å². The molecule has 0 saturated carbocycles. The molecule has 0 radical (unpaired) electrons. The Labute approximate surface area is 144 Å². The Bertz CT molecular complexity index is 521. The molecule has 5 nitrogen and oxygen atoms in total. The number of aliphatic carboxylic acids is 1. The number of hydrogen-bond donors (Lipinski definition) is 3. The van der Waals surface area contributed by atoms with Crippen LogP contribution in [0.15, 0.2) is 36.1 Å². The summed E-state index contributed by atoms with van der Waals surface area (Å²) in [6.45, 7) is 3.49. The van der Waals surface area contributed by atoms with Crippen LogP contribution >= 0.6 is 0 Å². The largest absolute Gasteiger partial charge is 0.508 e. The van der Waals surface area contributed by atoms with Crippen LogP contribution in [0.25, 0.3) is 0 Å². The maximum absolute atomic E-state index is 11.4. The number of carboxylic acids is 1. The van der Waals surface area contributed by atoms with Gasteiger partial charge in [0.1, 0.15) is 11.8 Å². The third-order valence-corrected chi connectivity index (χ3v) is 4.21. The van der Waals surface area contributed by atoms with Gasteiger partial charge in [-0.15, -0.1) is 0 Å². The number of carbonyl (C=O) groups excluding carboxylic acids is 1. The Morgan fingerprint density at radius 1 is 1.38 bits per heavy atom. The molecule has 0 aromatic rings. The molecule has 24 heavy (non-hydrogen) atoms. The average Bonchev–Trinajstić information content (AvgIpc) is 2.52. The average molecular weight is 335 g/mol. The van der Waals surface area contributed by atoms with E-state index in [1.165, 1.54) is 26.2 Å². The summed E-state index contributed by atoms with van der Waals surface area (Å²) in [6, 6.07) is -0.953. The molecule has 3 N–H and O–H groups in total. The van der Waals surface area contributed by atoms with E-state index < -0.39 is 17.4 Å². The Hall–Kier alpha value is -2.04. The van der Waals surface area contributed by atoms with E-state index in [2.05, 4.69) is 18.3 Å². The van der Waals surface area contributed by atoms with Crippen molar-refractivity contribution in [3.05, 3.63) is 36.1 Å². The number of unbranched alkanes of at least 4 members (excludes halogenated alkanes) is 4. The number of hydrogen-bond acceptors (Lipinski definition) is 3. The number of carboxylic acid groups (broad SMARTS) is 1. The van der Waals surface area contributed by atoms with Crippen molar-refractivity contribution in [2.75, 3.05) is 0 Å². The van der Waals surface area contributed by atoms with Crippen molar-refractivity contribution < 1.29 is 19.8 Å². The minimum absolute atomic E-state index is 0.188. The van der Waals surface area contributed by atoms with E-state index in [1.54, 1.807) is 12.2 Å². The second kappa shape index (κ2) is 9.96. The monoisotopic (exact) mass is 335 g/mol. The summed E-state index contributed by atoms with van der Waals surface area (Å²) in [5.41, 5.74) is -0.498. The van der Waals surface area contributed by atoms with Gasteiger partial charge in [0, 0.05) is 12.3 Å².